The van der Waals surface area contributed by atoms with Crippen molar-refractivity contribution < 1.29 is 9.53 Å². The van der Waals surface area contributed by atoms with Crippen molar-refractivity contribution >= 4 is 6.09 Å². The van der Waals surface area contributed by atoms with E-state index < -0.39 is 5.60 Å². The first kappa shape index (κ1) is 16.6. The van der Waals surface area contributed by atoms with Crippen LogP contribution in [0.1, 0.15) is 26.3 Å². The van der Waals surface area contributed by atoms with Crippen LogP contribution < -0.4 is 5.32 Å². The van der Waals surface area contributed by atoms with E-state index in [4.69, 9.17) is 4.74 Å². The van der Waals surface area contributed by atoms with Gasteiger partial charge in [0.25, 0.3) is 0 Å². The van der Waals surface area contributed by atoms with Gasteiger partial charge < -0.3 is 10.1 Å². The van der Waals surface area contributed by atoms with Gasteiger partial charge in [-0.05, 0) is 39.3 Å². The molecule has 0 fully saturated rings. The standard InChI is InChI=1S/C18H26N2O2/c1-18(2,3)22-17(21)20-13-7-10-16(20)14-19-12-11-15-8-5-4-6-9-15/h4-10,16,19H,11-14H2,1-3H3/t16-/m0/s1. The normalized spacial score (nSPS) is 17.8. The van der Waals surface area contributed by atoms with Crippen molar-refractivity contribution in [1.29, 1.82) is 0 Å². The Hall–Kier alpha value is -1.81. The van der Waals surface area contributed by atoms with Gasteiger partial charge in [-0.2, -0.15) is 0 Å². The average Bonchev–Trinajstić information content (AvgIpc) is 2.91. The SMILES string of the molecule is CC(C)(C)OC(=O)N1CC=C[C@H]1CNCCc1ccccc1. The molecule has 1 amide bonds. The third kappa shape index (κ3) is 5.19. The minimum absolute atomic E-state index is 0.0747. The summed E-state index contributed by atoms with van der Waals surface area (Å²) in [7, 11) is 0. The molecule has 0 aromatic heterocycles. The van der Waals surface area contributed by atoms with Crippen molar-refractivity contribution in [3.05, 3.63) is 48.0 Å². The highest BCUT2D eigenvalue weighted by molar-refractivity contribution is 5.69. The van der Waals surface area contributed by atoms with Gasteiger partial charge in [0.15, 0.2) is 0 Å². The number of benzene rings is 1. The molecule has 0 bridgehead atoms. The molecule has 1 aliphatic rings. The van der Waals surface area contributed by atoms with Gasteiger partial charge in [-0.25, -0.2) is 4.79 Å². The Morgan fingerprint density at radius 2 is 2.05 bits per heavy atom. The first-order chi connectivity index (χ1) is 10.5. The predicted molar refractivity (Wildman–Crippen MR) is 88.9 cm³/mol. The molecule has 2 rings (SSSR count). The quantitative estimate of drug-likeness (QED) is 0.671. The summed E-state index contributed by atoms with van der Waals surface area (Å²) in [5, 5.41) is 3.42. The number of amides is 1. The lowest BCUT2D eigenvalue weighted by Gasteiger charge is -2.28. The van der Waals surface area contributed by atoms with Crippen molar-refractivity contribution in [2.24, 2.45) is 0 Å². The molecule has 0 saturated heterocycles. The summed E-state index contributed by atoms with van der Waals surface area (Å²) in [5.41, 5.74) is 0.867. The van der Waals surface area contributed by atoms with Crippen LogP contribution in [-0.2, 0) is 11.2 Å². The van der Waals surface area contributed by atoms with Crippen molar-refractivity contribution in [2.45, 2.75) is 38.8 Å². The minimum atomic E-state index is -0.453. The van der Waals surface area contributed by atoms with Gasteiger partial charge in [-0.1, -0.05) is 42.5 Å². The van der Waals surface area contributed by atoms with Crippen molar-refractivity contribution in [3.63, 3.8) is 0 Å². The van der Waals surface area contributed by atoms with E-state index >= 15 is 0 Å². The monoisotopic (exact) mass is 302 g/mol. The van der Waals surface area contributed by atoms with Crippen molar-refractivity contribution in [1.82, 2.24) is 10.2 Å². The molecule has 1 aromatic carbocycles. The molecule has 1 atom stereocenters. The van der Waals surface area contributed by atoms with Gasteiger partial charge in [-0.15, -0.1) is 0 Å². The van der Waals surface area contributed by atoms with Crippen molar-refractivity contribution in [3.8, 4) is 0 Å². The number of hydrogen-bond acceptors (Lipinski definition) is 3. The smallest absolute Gasteiger partial charge is 0.411 e. The zero-order chi connectivity index (χ0) is 16.0. The van der Waals surface area contributed by atoms with Gasteiger partial charge in [0.1, 0.15) is 5.60 Å². The second kappa shape index (κ2) is 7.45. The van der Waals surface area contributed by atoms with Crippen LogP contribution in [0.2, 0.25) is 0 Å². The van der Waals surface area contributed by atoms with Crippen LogP contribution in [0.3, 0.4) is 0 Å². The molecule has 1 aliphatic heterocycles. The fraction of sp³-hybridized carbons (Fsp3) is 0.500. The maximum Gasteiger partial charge on any atom is 0.411 e. The van der Waals surface area contributed by atoms with E-state index in [0.29, 0.717) is 6.54 Å². The molecular weight excluding hydrogens is 276 g/mol. The molecule has 0 unspecified atom stereocenters. The number of carbonyl (C=O) groups is 1. The molecule has 0 saturated carbocycles. The van der Waals surface area contributed by atoms with Gasteiger partial charge in [-0.3, -0.25) is 4.90 Å². The first-order valence-corrected chi connectivity index (χ1v) is 7.86. The Labute approximate surface area is 133 Å². The highest BCUT2D eigenvalue weighted by Crippen LogP contribution is 2.15. The number of hydrogen-bond donors (Lipinski definition) is 1. The molecule has 0 spiro atoms. The molecular formula is C18H26N2O2. The van der Waals surface area contributed by atoms with Crippen LogP contribution in [0, 0.1) is 0 Å². The molecule has 0 aliphatic carbocycles. The Morgan fingerprint density at radius 3 is 2.73 bits per heavy atom. The number of ether oxygens (including phenoxy) is 1. The van der Waals surface area contributed by atoms with Crippen LogP contribution in [0.4, 0.5) is 4.79 Å². The first-order valence-electron chi connectivity index (χ1n) is 7.86. The molecule has 1 aromatic rings. The molecule has 0 radical (unpaired) electrons. The topological polar surface area (TPSA) is 41.6 Å². The summed E-state index contributed by atoms with van der Waals surface area (Å²) in [6.07, 6.45) is 4.84. The molecule has 22 heavy (non-hydrogen) atoms. The van der Waals surface area contributed by atoms with E-state index in [1.165, 1.54) is 5.56 Å². The van der Waals surface area contributed by atoms with Crippen molar-refractivity contribution in [2.75, 3.05) is 19.6 Å². The van der Waals surface area contributed by atoms with Crippen LogP contribution >= 0.6 is 0 Å². The zero-order valence-electron chi connectivity index (χ0n) is 13.7. The second-order valence-electron chi connectivity index (χ2n) is 6.57. The van der Waals surface area contributed by atoms with Crippen LogP contribution in [0.25, 0.3) is 0 Å². The third-order valence-electron chi connectivity index (χ3n) is 3.48. The summed E-state index contributed by atoms with van der Waals surface area (Å²) in [4.78, 5) is 13.9. The van der Waals surface area contributed by atoms with Gasteiger partial charge in [0.05, 0.1) is 6.04 Å². The summed E-state index contributed by atoms with van der Waals surface area (Å²) in [6, 6.07) is 10.5. The average molecular weight is 302 g/mol. The summed E-state index contributed by atoms with van der Waals surface area (Å²) in [5.74, 6) is 0. The number of nitrogens with one attached hydrogen (secondary N) is 1. The van der Waals surface area contributed by atoms with Gasteiger partial charge in [0.2, 0.25) is 0 Å². The van der Waals surface area contributed by atoms with Gasteiger partial charge >= 0.3 is 6.09 Å². The van der Waals surface area contributed by atoms with E-state index in [9.17, 15) is 4.79 Å². The highest BCUT2D eigenvalue weighted by atomic mass is 16.6. The third-order valence-corrected chi connectivity index (χ3v) is 3.48. The summed E-state index contributed by atoms with van der Waals surface area (Å²) < 4.78 is 5.45. The Balaban J connectivity index is 1.74. The van der Waals surface area contributed by atoms with E-state index in [0.717, 1.165) is 19.5 Å². The zero-order valence-corrected chi connectivity index (χ0v) is 13.7. The molecule has 120 valence electrons. The van der Waals surface area contributed by atoms with Crippen LogP contribution in [0.5, 0.6) is 0 Å². The molecule has 4 heteroatoms. The van der Waals surface area contributed by atoms with E-state index in [1.54, 1.807) is 4.90 Å². The Bertz CT molecular complexity index is 506. The highest BCUT2D eigenvalue weighted by Gasteiger charge is 2.28. The lowest BCUT2D eigenvalue weighted by atomic mass is 10.1. The maximum absolute atomic E-state index is 12.2. The van der Waals surface area contributed by atoms with E-state index in [-0.39, 0.29) is 12.1 Å². The lowest BCUT2D eigenvalue weighted by molar-refractivity contribution is 0.0242. The van der Waals surface area contributed by atoms with E-state index in [1.807, 2.05) is 32.9 Å². The predicted octanol–water partition coefficient (Wildman–Crippen LogP) is 2.99. The molecule has 1 N–H and O–H groups in total. The number of rotatable bonds is 5. The van der Waals surface area contributed by atoms with Crippen LogP contribution in [-0.4, -0.2) is 42.3 Å². The fourth-order valence-electron chi connectivity index (χ4n) is 2.41. The molecule has 4 nitrogen and oxygen atoms in total. The largest absolute Gasteiger partial charge is 0.444 e. The van der Waals surface area contributed by atoms with Crippen LogP contribution in [0.15, 0.2) is 42.5 Å². The number of nitrogens with zero attached hydrogens (tertiary/aromatic N) is 1. The molecule has 1 heterocycles. The lowest BCUT2D eigenvalue weighted by Crippen LogP contribution is -2.44. The van der Waals surface area contributed by atoms with Gasteiger partial charge in [0, 0.05) is 13.1 Å². The Kier molecular flexibility index (Phi) is 5.61. The fourth-order valence-corrected chi connectivity index (χ4v) is 2.41. The Morgan fingerprint density at radius 1 is 1.32 bits per heavy atom. The maximum atomic E-state index is 12.2. The summed E-state index contributed by atoms with van der Waals surface area (Å²) >= 11 is 0. The minimum Gasteiger partial charge on any atom is -0.444 e. The number of carbonyl (C=O) groups excluding carboxylic acids is 1. The van der Waals surface area contributed by atoms with E-state index in [2.05, 4.69) is 35.7 Å². The second-order valence-corrected chi connectivity index (χ2v) is 6.57. The summed E-state index contributed by atoms with van der Waals surface area (Å²) in [6.45, 7) is 7.95.